The Balaban J connectivity index is 4.44. The van der Waals surface area contributed by atoms with Crippen LogP contribution in [-0.2, 0) is 0 Å². The predicted molar refractivity (Wildman–Crippen MR) is 68.5 cm³/mol. The summed E-state index contributed by atoms with van der Waals surface area (Å²) in [6.45, 7) is 11.0. The van der Waals surface area contributed by atoms with Crippen molar-refractivity contribution >= 4 is 0 Å². The van der Waals surface area contributed by atoms with Crippen LogP contribution in [0.5, 0.6) is 0 Å². The summed E-state index contributed by atoms with van der Waals surface area (Å²) in [6, 6.07) is 0.468. The smallest absolute Gasteiger partial charge is 0.0499 e. The second-order valence-corrected chi connectivity index (χ2v) is 5.01. The summed E-state index contributed by atoms with van der Waals surface area (Å²) in [5.74, 6) is 0. The second-order valence-electron chi connectivity index (χ2n) is 5.01. The van der Waals surface area contributed by atoms with Crippen molar-refractivity contribution in [2.45, 2.75) is 53.0 Å². The third-order valence-electron chi connectivity index (χ3n) is 3.71. The number of hydrogen-bond acceptors (Lipinski definition) is 3. The molecule has 0 rings (SSSR count). The second kappa shape index (κ2) is 8.04. The zero-order valence-electron chi connectivity index (χ0n) is 11.4. The first-order valence-corrected chi connectivity index (χ1v) is 6.51. The van der Waals surface area contributed by atoms with Gasteiger partial charge in [0.05, 0.1) is 0 Å². The highest BCUT2D eigenvalue weighted by Gasteiger charge is 2.28. The zero-order chi connectivity index (χ0) is 12.6. The van der Waals surface area contributed by atoms with Crippen LogP contribution in [0.15, 0.2) is 0 Å². The van der Waals surface area contributed by atoms with Crippen LogP contribution in [0, 0.1) is 5.41 Å². The molecule has 0 saturated heterocycles. The molecule has 0 aliphatic carbocycles. The van der Waals surface area contributed by atoms with Gasteiger partial charge in [-0.25, -0.2) is 0 Å². The van der Waals surface area contributed by atoms with E-state index in [1.165, 1.54) is 0 Å². The normalized spacial score (nSPS) is 12.8. The predicted octanol–water partition coefficient (Wildman–Crippen LogP) is 1.88. The molecule has 0 aromatic rings. The highest BCUT2D eigenvalue weighted by atomic mass is 16.3. The van der Waals surface area contributed by atoms with Gasteiger partial charge in [0.15, 0.2) is 0 Å². The van der Waals surface area contributed by atoms with Gasteiger partial charge in [0.25, 0.3) is 0 Å². The fourth-order valence-electron chi connectivity index (χ4n) is 1.97. The van der Waals surface area contributed by atoms with Crippen LogP contribution in [0.4, 0.5) is 0 Å². The highest BCUT2D eigenvalue weighted by Crippen LogP contribution is 2.27. The van der Waals surface area contributed by atoms with Gasteiger partial charge >= 0.3 is 0 Å². The molecule has 0 saturated carbocycles. The van der Waals surface area contributed by atoms with Crippen molar-refractivity contribution in [1.29, 1.82) is 0 Å². The molecular weight excluding hydrogens is 202 g/mol. The standard InChI is InChI=1S/C13H29NO2/c1-5-13(6-2,11-16)10-14(12(3)4)8-7-9-15/h12,15-16H,5-11H2,1-4H3. The minimum absolute atomic E-state index is 0.0275. The molecule has 0 aromatic heterocycles. The average molecular weight is 231 g/mol. The van der Waals surface area contributed by atoms with Gasteiger partial charge in [-0.2, -0.15) is 0 Å². The lowest BCUT2D eigenvalue weighted by molar-refractivity contribution is 0.0502. The quantitative estimate of drug-likeness (QED) is 0.637. The molecule has 98 valence electrons. The summed E-state index contributed by atoms with van der Waals surface area (Å²) in [4.78, 5) is 2.36. The van der Waals surface area contributed by atoms with Gasteiger partial charge in [0.2, 0.25) is 0 Å². The van der Waals surface area contributed by atoms with Crippen LogP contribution in [0.2, 0.25) is 0 Å². The van der Waals surface area contributed by atoms with Gasteiger partial charge in [0.1, 0.15) is 0 Å². The Morgan fingerprint density at radius 1 is 1.12 bits per heavy atom. The third kappa shape index (κ3) is 4.81. The largest absolute Gasteiger partial charge is 0.396 e. The summed E-state index contributed by atoms with van der Waals surface area (Å²) in [5, 5.41) is 18.4. The molecule has 16 heavy (non-hydrogen) atoms. The number of hydrogen-bond donors (Lipinski definition) is 2. The molecule has 0 spiro atoms. The van der Waals surface area contributed by atoms with Crippen molar-refractivity contribution in [3.8, 4) is 0 Å². The maximum atomic E-state index is 9.56. The molecule has 0 aromatic carbocycles. The van der Waals surface area contributed by atoms with Gasteiger partial charge in [0, 0.05) is 37.8 Å². The molecule has 0 bridgehead atoms. The lowest BCUT2D eigenvalue weighted by atomic mass is 9.82. The van der Waals surface area contributed by atoms with E-state index in [0.717, 1.165) is 32.4 Å². The Morgan fingerprint density at radius 2 is 1.69 bits per heavy atom. The Morgan fingerprint density at radius 3 is 2.00 bits per heavy atom. The van der Waals surface area contributed by atoms with E-state index in [1.54, 1.807) is 0 Å². The fourth-order valence-corrected chi connectivity index (χ4v) is 1.97. The van der Waals surface area contributed by atoms with E-state index >= 15 is 0 Å². The molecule has 0 amide bonds. The van der Waals surface area contributed by atoms with E-state index < -0.39 is 0 Å². The maximum Gasteiger partial charge on any atom is 0.0499 e. The average Bonchev–Trinajstić information content (AvgIpc) is 2.30. The van der Waals surface area contributed by atoms with Crippen molar-refractivity contribution in [2.24, 2.45) is 5.41 Å². The van der Waals surface area contributed by atoms with Crippen LogP contribution in [-0.4, -0.2) is 47.5 Å². The highest BCUT2D eigenvalue weighted by molar-refractivity contribution is 4.81. The van der Waals surface area contributed by atoms with Crippen LogP contribution in [0.25, 0.3) is 0 Å². The Hall–Kier alpha value is -0.120. The number of aliphatic hydroxyl groups excluding tert-OH is 2. The molecule has 2 N–H and O–H groups in total. The van der Waals surface area contributed by atoms with E-state index in [1.807, 2.05) is 0 Å². The molecular formula is C13H29NO2. The van der Waals surface area contributed by atoms with Crippen LogP contribution in [0.3, 0.4) is 0 Å². The monoisotopic (exact) mass is 231 g/mol. The Bertz CT molecular complexity index is 159. The molecule has 0 unspecified atom stereocenters. The van der Waals surface area contributed by atoms with Crippen molar-refractivity contribution < 1.29 is 10.2 Å². The molecule has 0 aliphatic heterocycles. The topological polar surface area (TPSA) is 43.7 Å². The zero-order valence-corrected chi connectivity index (χ0v) is 11.4. The molecule has 0 radical (unpaired) electrons. The maximum absolute atomic E-state index is 9.56. The molecule has 0 aliphatic rings. The SMILES string of the molecule is CCC(CC)(CO)CN(CCCO)C(C)C. The summed E-state index contributed by atoms with van der Waals surface area (Å²) in [7, 11) is 0. The fraction of sp³-hybridized carbons (Fsp3) is 1.00. The molecule has 0 atom stereocenters. The molecule has 0 heterocycles. The Kier molecular flexibility index (Phi) is 7.98. The first-order valence-electron chi connectivity index (χ1n) is 6.51. The summed E-state index contributed by atoms with van der Waals surface area (Å²) >= 11 is 0. The summed E-state index contributed by atoms with van der Waals surface area (Å²) in [5.41, 5.74) is 0.0275. The van der Waals surface area contributed by atoms with E-state index in [2.05, 4.69) is 32.6 Å². The lowest BCUT2D eigenvalue weighted by Crippen LogP contribution is -2.43. The van der Waals surface area contributed by atoms with E-state index in [-0.39, 0.29) is 18.6 Å². The van der Waals surface area contributed by atoms with E-state index in [0.29, 0.717) is 6.04 Å². The molecule has 3 heteroatoms. The van der Waals surface area contributed by atoms with Crippen molar-refractivity contribution in [1.82, 2.24) is 4.90 Å². The van der Waals surface area contributed by atoms with Crippen LogP contribution in [0.1, 0.15) is 47.0 Å². The number of nitrogens with zero attached hydrogens (tertiary/aromatic N) is 1. The van der Waals surface area contributed by atoms with Gasteiger partial charge in [-0.1, -0.05) is 13.8 Å². The minimum Gasteiger partial charge on any atom is -0.396 e. The third-order valence-corrected chi connectivity index (χ3v) is 3.71. The number of aliphatic hydroxyl groups is 2. The molecule has 3 nitrogen and oxygen atoms in total. The number of rotatable bonds is 9. The molecule has 0 fully saturated rings. The van der Waals surface area contributed by atoms with Crippen LogP contribution >= 0.6 is 0 Å². The van der Waals surface area contributed by atoms with E-state index in [9.17, 15) is 5.11 Å². The van der Waals surface area contributed by atoms with Gasteiger partial charge < -0.3 is 15.1 Å². The summed E-state index contributed by atoms with van der Waals surface area (Å²) < 4.78 is 0. The minimum atomic E-state index is 0.0275. The van der Waals surface area contributed by atoms with Crippen molar-refractivity contribution in [3.63, 3.8) is 0 Å². The first-order chi connectivity index (χ1) is 7.55. The van der Waals surface area contributed by atoms with Crippen LogP contribution < -0.4 is 0 Å². The lowest BCUT2D eigenvalue weighted by Gasteiger charge is -2.38. The van der Waals surface area contributed by atoms with Crippen molar-refractivity contribution in [2.75, 3.05) is 26.3 Å². The summed E-state index contributed by atoms with van der Waals surface area (Å²) in [6.07, 6.45) is 2.82. The van der Waals surface area contributed by atoms with Gasteiger partial charge in [-0.05, 0) is 33.1 Å². The van der Waals surface area contributed by atoms with Crippen molar-refractivity contribution in [3.05, 3.63) is 0 Å². The van der Waals surface area contributed by atoms with Gasteiger partial charge in [-0.3, -0.25) is 0 Å². The first kappa shape index (κ1) is 15.9. The Labute approximate surface area is 100 Å². The van der Waals surface area contributed by atoms with E-state index in [4.69, 9.17) is 5.11 Å². The van der Waals surface area contributed by atoms with Gasteiger partial charge in [-0.15, -0.1) is 0 Å².